The number of fused-ring (bicyclic) bond motifs is 1. The van der Waals surface area contributed by atoms with E-state index >= 15 is 0 Å². The van der Waals surface area contributed by atoms with Crippen molar-refractivity contribution in [3.63, 3.8) is 0 Å². The molecule has 280 valence electrons. The van der Waals surface area contributed by atoms with Gasteiger partial charge in [-0.25, -0.2) is 14.5 Å². The average molecular weight is 742 g/mol. The van der Waals surface area contributed by atoms with Crippen LogP contribution in [0.3, 0.4) is 0 Å². The van der Waals surface area contributed by atoms with Crippen molar-refractivity contribution in [1.29, 1.82) is 0 Å². The lowest BCUT2D eigenvalue weighted by Crippen LogP contribution is -2.47. The Kier molecular flexibility index (Phi) is 8.72. The number of alkyl halides is 3. The summed E-state index contributed by atoms with van der Waals surface area (Å²) in [6.07, 6.45) is 5.41. The van der Waals surface area contributed by atoms with Gasteiger partial charge in [0.15, 0.2) is 11.4 Å². The number of hydrogen-bond donors (Lipinski definition) is 2. The van der Waals surface area contributed by atoms with Gasteiger partial charge in [0.05, 0.1) is 11.7 Å². The van der Waals surface area contributed by atoms with Crippen LogP contribution in [-0.4, -0.2) is 76.4 Å². The highest BCUT2D eigenvalue weighted by atomic mass is 19.4. The van der Waals surface area contributed by atoms with E-state index < -0.39 is 41.2 Å². The fourth-order valence-corrected chi connectivity index (χ4v) is 8.10. The molecular formula is C38H38F3N9O4. The van der Waals surface area contributed by atoms with Crippen molar-refractivity contribution in [2.45, 2.75) is 90.0 Å². The Balaban J connectivity index is 1.18. The number of ketones is 1. The molecule has 1 aliphatic carbocycles. The second-order valence-corrected chi connectivity index (χ2v) is 14.7. The first-order valence-corrected chi connectivity index (χ1v) is 18.1. The third kappa shape index (κ3) is 6.47. The zero-order valence-electron chi connectivity index (χ0n) is 29.7. The molecule has 3 atom stereocenters. The van der Waals surface area contributed by atoms with Crippen LogP contribution in [0.4, 0.5) is 19.0 Å². The molecule has 2 bridgehead atoms. The number of amides is 3. The largest absolute Gasteiger partial charge is 0.433 e. The van der Waals surface area contributed by atoms with Gasteiger partial charge in [0.2, 0.25) is 17.7 Å². The van der Waals surface area contributed by atoms with Gasteiger partial charge in [-0.15, -0.1) is 0 Å². The van der Waals surface area contributed by atoms with Gasteiger partial charge in [-0.1, -0.05) is 18.9 Å². The molecule has 6 heterocycles. The molecule has 0 unspecified atom stereocenters. The third-order valence-electron chi connectivity index (χ3n) is 11.0. The van der Waals surface area contributed by atoms with E-state index in [1.54, 1.807) is 23.0 Å². The van der Waals surface area contributed by atoms with Gasteiger partial charge in [0.1, 0.15) is 29.8 Å². The van der Waals surface area contributed by atoms with E-state index in [2.05, 4.69) is 30.8 Å². The molecule has 2 fully saturated rings. The molecule has 4 aromatic heterocycles. The molecule has 2 N–H and O–H groups in total. The minimum Gasteiger partial charge on any atom is -0.355 e. The van der Waals surface area contributed by atoms with E-state index in [9.17, 15) is 32.3 Å². The molecule has 13 nitrogen and oxygen atoms in total. The highest BCUT2D eigenvalue weighted by Crippen LogP contribution is 2.59. The van der Waals surface area contributed by atoms with Gasteiger partial charge >= 0.3 is 6.18 Å². The second-order valence-electron chi connectivity index (χ2n) is 14.7. The number of carbonyl (C=O) groups is 4. The highest BCUT2D eigenvalue weighted by Gasteiger charge is 2.67. The zero-order chi connectivity index (χ0) is 37.9. The van der Waals surface area contributed by atoms with Gasteiger partial charge in [0.25, 0.3) is 0 Å². The Bertz CT molecular complexity index is 2350. The first-order valence-electron chi connectivity index (χ1n) is 18.1. The number of nitrogens with one attached hydrogen (secondary N) is 2. The molecule has 3 aliphatic rings. The number of pyridine rings is 1. The molecule has 54 heavy (non-hydrogen) atoms. The summed E-state index contributed by atoms with van der Waals surface area (Å²) < 4.78 is 43.8. The lowest BCUT2D eigenvalue weighted by molar-refractivity contribution is -0.141. The molecule has 0 spiro atoms. The van der Waals surface area contributed by atoms with Crippen molar-refractivity contribution in [2.75, 3.05) is 11.9 Å². The van der Waals surface area contributed by atoms with Gasteiger partial charge < -0.3 is 15.5 Å². The lowest BCUT2D eigenvalue weighted by atomic mass is 9.96. The predicted octanol–water partition coefficient (Wildman–Crippen LogP) is 5.29. The van der Waals surface area contributed by atoms with E-state index in [1.807, 2.05) is 18.3 Å². The maximum Gasteiger partial charge on any atom is 0.433 e. The molecule has 8 rings (SSSR count). The Morgan fingerprint density at radius 3 is 2.59 bits per heavy atom. The number of carbonyl (C=O) groups excluding carboxylic acids is 4. The van der Waals surface area contributed by atoms with E-state index in [4.69, 9.17) is 0 Å². The van der Waals surface area contributed by atoms with Gasteiger partial charge in [-0.05, 0) is 73.9 Å². The van der Waals surface area contributed by atoms with Crippen molar-refractivity contribution >= 4 is 45.9 Å². The molecule has 1 saturated heterocycles. The highest BCUT2D eigenvalue weighted by molar-refractivity contribution is 6.07. The quantitative estimate of drug-likeness (QED) is 0.236. The Morgan fingerprint density at radius 1 is 1.02 bits per heavy atom. The monoisotopic (exact) mass is 741 g/mol. The van der Waals surface area contributed by atoms with Gasteiger partial charge in [-0.3, -0.25) is 23.9 Å². The predicted molar refractivity (Wildman–Crippen MR) is 190 cm³/mol. The summed E-state index contributed by atoms with van der Waals surface area (Å²) in [5, 5.41) is 15.2. The third-order valence-corrected chi connectivity index (χ3v) is 11.0. The Hall–Kier alpha value is -5.67. The van der Waals surface area contributed by atoms with Crippen LogP contribution < -0.4 is 10.6 Å². The number of aryl methyl sites for hydroxylation is 2. The number of benzene rings is 1. The number of aromatic nitrogens is 6. The van der Waals surface area contributed by atoms with E-state index in [1.165, 1.54) is 29.5 Å². The molecule has 1 aromatic carbocycles. The summed E-state index contributed by atoms with van der Waals surface area (Å²) >= 11 is 0. The molecule has 5 aromatic rings. The van der Waals surface area contributed by atoms with Crippen molar-refractivity contribution < 1.29 is 32.3 Å². The summed E-state index contributed by atoms with van der Waals surface area (Å²) in [6.45, 7) is 2.93. The van der Waals surface area contributed by atoms with Gasteiger partial charge in [-0.2, -0.15) is 23.4 Å². The summed E-state index contributed by atoms with van der Waals surface area (Å²) in [5.74, 6) is -1.74. The fraction of sp³-hybridized carbons (Fsp3) is 0.421. The van der Waals surface area contributed by atoms with Crippen molar-refractivity contribution in [1.82, 2.24) is 39.6 Å². The number of rotatable bonds is 4. The van der Waals surface area contributed by atoms with Crippen LogP contribution in [0.25, 0.3) is 27.7 Å². The molecule has 3 amide bonds. The Morgan fingerprint density at radius 2 is 1.81 bits per heavy atom. The number of nitrogens with zero attached hydrogens (tertiary/aromatic N) is 7. The fourth-order valence-electron chi connectivity index (χ4n) is 8.10. The van der Waals surface area contributed by atoms with Crippen LogP contribution >= 0.6 is 0 Å². The van der Waals surface area contributed by atoms with Crippen molar-refractivity contribution in [3.8, 4) is 11.1 Å². The van der Waals surface area contributed by atoms with Crippen LogP contribution in [0.1, 0.15) is 79.2 Å². The van der Waals surface area contributed by atoms with E-state index in [0.29, 0.717) is 47.8 Å². The van der Waals surface area contributed by atoms with Crippen LogP contribution in [0.15, 0.2) is 48.9 Å². The normalized spacial score (nSPS) is 22.2. The van der Waals surface area contributed by atoms with Gasteiger partial charge in [0, 0.05) is 60.8 Å². The smallest absolute Gasteiger partial charge is 0.355 e. The summed E-state index contributed by atoms with van der Waals surface area (Å²) in [4.78, 5) is 64.1. The minimum atomic E-state index is -4.72. The number of anilines is 1. The molecule has 2 aliphatic heterocycles. The minimum absolute atomic E-state index is 0.108. The summed E-state index contributed by atoms with van der Waals surface area (Å²) in [6, 6.07) is 6.32. The van der Waals surface area contributed by atoms with E-state index in [-0.39, 0.29) is 42.7 Å². The van der Waals surface area contributed by atoms with Crippen molar-refractivity contribution in [2.24, 2.45) is 5.41 Å². The standard InChI is InChI=1S/C38H38F3N9O4/c1-21-9-10-28(38(39,40)41)45-35(21)46-36(54)27-15-37-16-29(37)50(27)32(53)19-49-34-23(7-5-3-4-6-8-31(52)43-20-37)13-24(14-26(34)33(47-49)22(2)51)25-17-42-30-11-12-44-48(30)18-25/h9-14,17-18,27,29H,3-8,15-16,19-20H2,1-2H3,(H,43,52)(H,45,46,54)/t27-,29+,37-/m0/s1. The molecule has 0 radical (unpaired) electrons. The average Bonchev–Trinajstić information content (AvgIpc) is 3.42. The summed E-state index contributed by atoms with van der Waals surface area (Å²) in [5.41, 5.74) is 2.58. The van der Waals surface area contributed by atoms with Crippen molar-refractivity contribution in [3.05, 3.63) is 71.4 Å². The lowest BCUT2D eigenvalue weighted by Gasteiger charge is -2.27. The van der Waals surface area contributed by atoms with Crippen LogP contribution in [-0.2, 0) is 33.5 Å². The maximum atomic E-state index is 14.5. The van der Waals surface area contributed by atoms with E-state index in [0.717, 1.165) is 42.0 Å². The number of Topliss-reactive ketones (excluding diaryl/α,β-unsaturated/α-hetero) is 1. The van der Waals surface area contributed by atoms with Crippen LogP contribution in [0.2, 0.25) is 0 Å². The molecule has 16 heteroatoms. The van der Waals surface area contributed by atoms with Crippen LogP contribution in [0.5, 0.6) is 0 Å². The zero-order valence-corrected chi connectivity index (χ0v) is 29.7. The topological polar surface area (TPSA) is 156 Å². The Labute approximate surface area is 307 Å². The number of halogens is 3. The summed E-state index contributed by atoms with van der Waals surface area (Å²) in [7, 11) is 0. The SMILES string of the molecule is CC(=O)c1nn2c3c(cc(-c4cnc5ccnn5c4)cc13)CCCCCCC(=O)NC[C@@]13C[C@@H](C(=O)Nc4nc(C(F)(F)F)ccc4C)N(C(=O)C2)[C@@H]1C3. The second kappa shape index (κ2) is 13.3. The maximum absolute atomic E-state index is 14.5. The van der Waals surface area contributed by atoms with Crippen LogP contribution in [0, 0.1) is 12.3 Å². The first-order chi connectivity index (χ1) is 25.8. The first kappa shape index (κ1) is 35.4. The number of piperidine rings is 1. The molecular weight excluding hydrogens is 703 g/mol. The molecule has 1 saturated carbocycles. The number of hydrogen-bond acceptors (Lipinski definition) is 8.